The van der Waals surface area contributed by atoms with E-state index >= 15 is 0 Å². The first-order valence-corrected chi connectivity index (χ1v) is 8.63. The fourth-order valence-electron chi connectivity index (χ4n) is 2.74. The Bertz CT molecular complexity index is 574. The van der Waals surface area contributed by atoms with Crippen LogP contribution in [0.2, 0.25) is 0 Å². The molecular formula is C19H27N2O4. The third kappa shape index (κ3) is 5.74. The molecule has 2 rings (SSSR count). The van der Waals surface area contributed by atoms with Gasteiger partial charge in [-0.2, -0.15) is 0 Å². The van der Waals surface area contributed by atoms with Crippen LogP contribution in [-0.2, 0) is 20.9 Å². The predicted molar refractivity (Wildman–Crippen MR) is 94.5 cm³/mol. The Morgan fingerprint density at radius 2 is 2.04 bits per heavy atom. The lowest BCUT2D eigenvalue weighted by atomic mass is 10.1. The van der Waals surface area contributed by atoms with Crippen molar-refractivity contribution in [2.75, 3.05) is 13.2 Å². The van der Waals surface area contributed by atoms with Crippen molar-refractivity contribution in [3.05, 3.63) is 42.3 Å². The average molecular weight is 347 g/mol. The van der Waals surface area contributed by atoms with Crippen molar-refractivity contribution in [3.63, 3.8) is 0 Å². The van der Waals surface area contributed by atoms with Gasteiger partial charge in [0.2, 0.25) is 0 Å². The zero-order valence-electron chi connectivity index (χ0n) is 14.9. The molecular weight excluding hydrogens is 320 g/mol. The van der Waals surface area contributed by atoms with Crippen LogP contribution in [0.4, 0.5) is 4.79 Å². The van der Waals surface area contributed by atoms with Crippen molar-refractivity contribution in [3.8, 4) is 0 Å². The van der Waals surface area contributed by atoms with Crippen LogP contribution < -0.4 is 5.73 Å². The molecule has 0 spiro atoms. The molecule has 6 heteroatoms. The number of likely N-dealkylation sites (tertiary alicyclic amines) is 1. The van der Waals surface area contributed by atoms with Gasteiger partial charge in [-0.1, -0.05) is 30.3 Å². The second kappa shape index (κ2) is 8.85. The first kappa shape index (κ1) is 19.2. The number of hydrogen-bond acceptors (Lipinski definition) is 4. The Balaban J connectivity index is 1.72. The standard InChI is InChI=1S/C19H27N2O4/c1-19(2,17(20)22)25-18(23)21-12-6-10-16(21)11-7-13-24-14-15-8-4-3-5-9-15/h3-5,7-9,16H,6,10-14H2,1-2H3,(H2,20,22). The Morgan fingerprint density at radius 1 is 1.32 bits per heavy atom. The molecule has 25 heavy (non-hydrogen) atoms. The van der Waals surface area contributed by atoms with Crippen LogP contribution >= 0.6 is 0 Å². The highest BCUT2D eigenvalue weighted by Gasteiger charge is 2.35. The van der Waals surface area contributed by atoms with Gasteiger partial charge in [-0.15, -0.1) is 0 Å². The smallest absolute Gasteiger partial charge is 0.411 e. The maximum Gasteiger partial charge on any atom is 0.411 e. The van der Waals surface area contributed by atoms with Gasteiger partial charge >= 0.3 is 6.09 Å². The summed E-state index contributed by atoms with van der Waals surface area (Å²) in [5, 5.41) is 0. The minimum absolute atomic E-state index is 0.0801. The number of rotatable bonds is 8. The number of amides is 2. The number of ether oxygens (including phenoxy) is 2. The molecule has 2 amide bonds. The topological polar surface area (TPSA) is 81.9 Å². The van der Waals surface area contributed by atoms with Gasteiger partial charge in [-0.05, 0) is 45.1 Å². The van der Waals surface area contributed by atoms with Crippen LogP contribution in [0.25, 0.3) is 0 Å². The van der Waals surface area contributed by atoms with E-state index in [0.717, 1.165) is 24.8 Å². The summed E-state index contributed by atoms with van der Waals surface area (Å²) < 4.78 is 10.9. The van der Waals surface area contributed by atoms with Crippen molar-refractivity contribution in [2.45, 2.75) is 51.4 Å². The molecule has 1 aliphatic heterocycles. The van der Waals surface area contributed by atoms with E-state index < -0.39 is 17.6 Å². The van der Waals surface area contributed by atoms with E-state index in [9.17, 15) is 9.59 Å². The highest BCUT2D eigenvalue weighted by Crippen LogP contribution is 2.23. The van der Waals surface area contributed by atoms with Gasteiger partial charge in [0.25, 0.3) is 5.91 Å². The van der Waals surface area contributed by atoms with E-state index in [0.29, 0.717) is 19.8 Å². The molecule has 1 aromatic rings. The molecule has 0 bridgehead atoms. The Hall–Kier alpha value is -2.08. The third-order valence-electron chi connectivity index (χ3n) is 4.33. The van der Waals surface area contributed by atoms with Gasteiger partial charge in [-0.3, -0.25) is 4.79 Å². The van der Waals surface area contributed by atoms with Gasteiger partial charge in [0.15, 0.2) is 5.60 Å². The van der Waals surface area contributed by atoms with Crippen molar-refractivity contribution >= 4 is 12.0 Å². The lowest BCUT2D eigenvalue weighted by Gasteiger charge is -2.29. The van der Waals surface area contributed by atoms with Crippen molar-refractivity contribution in [1.82, 2.24) is 4.90 Å². The highest BCUT2D eigenvalue weighted by atomic mass is 16.6. The van der Waals surface area contributed by atoms with E-state index in [1.807, 2.05) is 36.8 Å². The zero-order chi connectivity index (χ0) is 18.3. The molecule has 1 atom stereocenters. The van der Waals surface area contributed by atoms with Crippen LogP contribution in [0, 0.1) is 6.42 Å². The summed E-state index contributed by atoms with van der Waals surface area (Å²) in [6.45, 7) is 4.74. The molecule has 1 saturated heterocycles. The van der Waals surface area contributed by atoms with Crippen LogP contribution in [-0.4, -0.2) is 41.7 Å². The number of nitrogens with zero attached hydrogens (tertiary/aromatic N) is 1. The zero-order valence-corrected chi connectivity index (χ0v) is 14.9. The molecule has 0 aliphatic carbocycles. The Morgan fingerprint density at radius 3 is 2.72 bits per heavy atom. The molecule has 6 nitrogen and oxygen atoms in total. The maximum atomic E-state index is 12.3. The lowest BCUT2D eigenvalue weighted by Crippen LogP contribution is -2.47. The summed E-state index contributed by atoms with van der Waals surface area (Å²) in [5.41, 5.74) is 5.09. The first-order chi connectivity index (χ1) is 11.9. The van der Waals surface area contributed by atoms with E-state index in [-0.39, 0.29) is 6.04 Å². The molecule has 137 valence electrons. The molecule has 1 radical (unpaired) electrons. The fraction of sp³-hybridized carbons (Fsp3) is 0.526. The second-order valence-electron chi connectivity index (χ2n) is 6.76. The summed E-state index contributed by atoms with van der Waals surface area (Å²) in [6.07, 6.45) is 4.14. The van der Waals surface area contributed by atoms with E-state index in [1.54, 1.807) is 4.90 Å². The molecule has 1 fully saturated rings. The second-order valence-corrected chi connectivity index (χ2v) is 6.76. The summed E-state index contributed by atoms with van der Waals surface area (Å²) in [4.78, 5) is 25.3. The Labute approximate surface area is 149 Å². The molecule has 1 unspecified atom stereocenters. The van der Waals surface area contributed by atoms with E-state index in [4.69, 9.17) is 15.2 Å². The first-order valence-electron chi connectivity index (χ1n) is 8.63. The maximum absolute atomic E-state index is 12.3. The number of hydrogen-bond donors (Lipinski definition) is 1. The van der Waals surface area contributed by atoms with Crippen LogP contribution in [0.5, 0.6) is 0 Å². The van der Waals surface area contributed by atoms with Crippen molar-refractivity contribution < 1.29 is 19.1 Å². The number of carbonyl (C=O) groups excluding carboxylic acids is 2. The molecule has 2 N–H and O–H groups in total. The summed E-state index contributed by atoms with van der Waals surface area (Å²) in [5.74, 6) is -0.655. The van der Waals surface area contributed by atoms with Crippen molar-refractivity contribution in [2.24, 2.45) is 5.73 Å². The molecule has 1 aliphatic rings. The van der Waals surface area contributed by atoms with Gasteiger partial charge < -0.3 is 20.1 Å². The largest absolute Gasteiger partial charge is 0.433 e. The predicted octanol–water partition coefficient (Wildman–Crippen LogP) is 2.66. The van der Waals surface area contributed by atoms with Crippen molar-refractivity contribution in [1.29, 1.82) is 0 Å². The molecule has 1 heterocycles. The molecule has 0 saturated carbocycles. The summed E-state index contributed by atoms with van der Waals surface area (Å²) in [6, 6.07) is 10.1. The normalized spacial score (nSPS) is 17.5. The van der Waals surface area contributed by atoms with E-state index in [1.165, 1.54) is 13.8 Å². The van der Waals surface area contributed by atoms with Crippen LogP contribution in [0.1, 0.15) is 38.7 Å². The van der Waals surface area contributed by atoms with E-state index in [2.05, 4.69) is 0 Å². The molecule has 1 aromatic carbocycles. The Kier molecular flexibility index (Phi) is 6.82. The third-order valence-corrected chi connectivity index (χ3v) is 4.33. The van der Waals surface area contributed by atoms with Crippen LogP contribution in [0.3, 0.4) is 0 Å². The van der Waals surface area contributed by atoms with Gasteiger partial charge in [-0.25, -0.2) is 4.79 Å². The summed E-state index contributed by atoms with van der Waals surface area (Å²) in [7, 11) is 0. The number of nitrogens with two attached hydrogens (primary N) is 1. The number of carbonyl (C=O) groups is 2. The lowest BCUT2D eigenvalue weighted by molar-refractivity contribution is -0.134. The number of benzene rings is 1. The fourth-order valence-corrected chi connectivity index (χ4v) is 2.74. The summed E-state index contributed by atoms with van der Waals surface area (Å²) >= 11 is 0. The minimum Gasteiger partial charge on any atom is -0.433 e. The molecule has 0 aromatic heterocycles. The number of primary amides is 1. The van der Waals surface area contributed by atoms with Crippen LogP contribution in [0.15, 0.2) is 30.3 Å². The minimum atomic E-state index is -1.30. The highest BCUT2D eigenvalue weighted by molar-refractivity contribution is 5.85. The average Bonchev–Trinajstić information content (AvgIpc) is 3.03. The van der Waals surface area contributed by atoms with Gasteiger partial charge in [0.1, 0.15) is 0 Å². The quantitative estimate of drug-likeness (QED) is 0.733. The SMILES string of the molecule is CC(C)(OC(=O)N1CCCC1C[CH]COCc1ccccc1)C(N)=O. The van der Waals surface area contributed by atoms with Gasteiger partial charge in [0.05, 0.1) is 13.2 Å². The monoisotopic (exact) mass is 347 g/mol. The van der Waals surface area contributed by atoms with Gasteiger partial charge in [0, 0.05) is 12.6 Å².